The van der Waals surface area contributed by atoms with Crippen molar-refractivity contribution in [3.63, 3.8) is 0 Å². The zero-order valence-electron chi connectivity index (χ0n) is 25.9. The van der Waals surface area contributed by atoms with Crippen molar-refractivity contribution >= 4 is 29.5 Å². The summed E-state index contributed by atoms with van der Waals surface area (Å²) in [6.07, 6.45) is 2.07. The fraction of sp³-hybridized carbons (Fsp3) is 0.500. The molecule has 2 aromatic rings. The Morgan fingerprint density at radius 3 is 2.10 bits per heavy atom. The third-order valence-corrected chi connectivity index (χ3v) is 6.66. The van der Waals surface area contributed by atoms with Crippen LogP contribution in [0.4, 0.5) is 10.5 Å². The molecule has 0 aliphatic rings. The van der Waals surface area contributed by atoms with Crippen LogP contribution < -0.4 is 21.1 Å². The number of carbonyl (C=O) groups excluding carboxylic acids is 4. The summed E-state index contributed by atoms with van der Waals surface area (Å²) in [5.74, 6) is -1.18. The Morgan fingerprint density at radius 1 is 0.952 bits per heavy atom. The predicted octanol–water partition coefficient (Wildman–Crippen LogP) is 5.17. The molecule has 2 unspecified atom stereocenters. The number of benzene rings is 2. The normalized spacial score (nSPS) is 12.5. The second-order valence-electron chi connectivity index (χ2n) is 11.4. The number of methoxy groups -OCH3 is 1. The number of nitrogens with zero attached hydrogens (tertiary/aromatic N) is 1. The monoisotopic (exact) mass is 582 g/mol. The van der Waals surface area contributed by atoms with Gasteiger partial charge in [-0.15, -0.1) is 0 Å². The maximum atomic E-state index is 14.3. The van der Waals surface area contributed by atoms with Crippen molar-refractivity contribution in [2.24, 2.45) is 5.73 Å². The maximum absolute atomic E-state index is 14.3. The molecule has 2 aromatic carbocycles. The highest BCUT2D eigenvalue weighted by Crippen LogP contribution is 2.31. The highest BCUT2D eigenvalue weighted by molar-refractivity contribution is 6.00. The number of hydrogen-bond acceptors (Lipinski definition) is 6. The Morgan fingerprint density at radius 2 is 1.57 bits per heavy atom. The highest BCUT2D eigenvalue weighted by atomic mass is 16.6. The van der Waals surface area contributed by atoms with Gasteiger partial charge in [-0.1, -0.05) is 44.4 Å². The average Bonchev–Trinajstić information content (AvgIpc) is 2.90. The Balaban J connectivity index is 2.61. The van der Waals surface area contributed by atoms with E-state index >= 15 is 0 Å². The second-order valence-corrected chi connectivity index (χ2v) is 11.4. The minimum atomic E-state index is -1.33. The number of ether oxygens (including phenoxy) is 2. The number of anilines is 1. The minimum Gasteiger partial charge on any atom is -0.497 e. The molecule has 0 radical (unpaired) electrons. The van der Waals surface area contributed by atoms with Crippen LogP contribution >= 0.6 is 0 Å². The lowest BCUT2D eigenvalue weighted by Crippen LogP contribution is -2.53. The second kappa shape index (κ2) is 15.8. The molecule has 4 N–H and O–H groups in total. The number of primary amides is 1. The van der Waals surface area contributed by atoms with Gasteiger partial charge in [0.2, 0.25) is 11.8 Å². The summed E-state index contributed by atoms with van der Waals surface area (Å²) in [4.78, 5) is 54.6. The number of rotatable bonds is 14. The van der Waals surface area contributed by atoms with Crippen LogP contribution in [0.15, 0.2) is 42.5 Å². The van der Waals surface area contributed by atoms with Crippen molar-refractivity contribution < 1.29 is 28.7 Å². The van der Waals surface area contributed by atoms with Crippen LogP contribution in [0.2, 0.25) is 0 Å². The molecule has 0 saturated carbocycles. The van der Waals surface area contributed by atoms with Crippen LogP contribution in [0, 0.1) is 13.8 Å². The van der Waals surface area contributed by atoms with Gasteiger partial charge in [-0.25, -0.2) is 4.79 Å². The molecule has 0 aliphatic heterocycles. The van der Waals surface area contributed by atoms with E-state index in [2.05, 4.69) is 17.6 Å². The number of alkyl carbamates (subject to hydrolysis) is 1. The van der Waals surface area contributed by atoms with Gasteiger partial charge in [0.15, 0.2) is 0 Å². The summed E-state index contributed by atoms with van der Waals surface area (Å²) < 4.78 is 10.6. The molecule has 10 heteroatoms. The number of amides is 4. The molecule has 230 valence electrons. The summed E-state index contributed by atoms with van der Waals surface area (Å²) in [5, 5.41) is 5.47. The number of unbranched alkanes of at least 4 members (excludes halogenated alkanes) is 3. The molecule has 0 aliphatic carbocycles. The Hall–Kier alpha value is -4.08. The van der Waals surface area contributed by atoms with Gasteiger partial charge in [0, 0.05) is 12.2 Å². The molecule has 42 heavy (non-hydrogen) atoms. The summed E-state index contributed by atoms with van der Waals surface area (Å²) in [7, 11) is 1.56. The fourth-order valence-corrected chi connectivity index (χ4v) is 4.70. The number of carbonyl (C=O) groups is 4. The van der Waals surface area contributed by atoms with E-state index in [1.807, 2.05) is 32.0 Å². The van der Waals surface area contributed by atoms with Gasteiger partial charge in [-0.3, -0.25) is 14.4 Å². The van der Waals surface area contributed by atoms with Crippen LogP contribution in [0.5, 0.6) is 5.75 Å². The molecule has 0 bridgehead atoms. The molecule has 4 amide bonds. The number of nitrogens with one attached hydrogen (secondary N) is 2. The van der Waals surface area contributed by atoms with Crippen LogP contribution in [0.3, 0.4) is 0 Å². The Bertz CT molecular complexity index is 1200. The van der Waals surface area contributed by atoms with Crippen LogP contribution in [-0.2, 0) is 19.1 Å². The van der Waals surface area contributed by atoms with E-state index < -0.39 is 47.9 Å². The standard InChI is InChI=1S/C32H46N4O6/c1-8-9-10-11-19-36(30(39)25(20-26(33)37)35-31(40)42-32(4,5)6)28(27-21(2)13-12-14-22(27)3)29(38)34-23-15-17-24(41-7)18-16-23/h12-18,25,28H,8-11,19-20H2,1-7H3,(H2,33,37)(H,34,38)(H,35,40). The lowest BCUT2D eigenvalue weighted by molar-refractivity contribution is -0.142. The van der Waals surface area contributed by atoms with Gasteiger partial charge in [-0.05, 0) is 82.0 Å². The first kappa shape index (κ1) is 34.1. The highest BCUT2D eigenvalue weighted by Gasteiger charge is 2.38. The van der Waals surface area contributed by atoms with E-state index in [-0.39, 0.29) is 6.54 Å². The third kappa shape index (κ3) is 10.4. The molecular formula is C32H46N4O6. The van der Waals surface area contributed by atoms with Gasteiger partial charge in [0.05, 0.1) is 13.5 Å². The summed E-state index contributed by atoms with van der Waals surface area (Å²) in [6.45, 7) is 11.1. The topological polar surface area (TPSA) is 140 Å². The van der Waals surface area contributed by atoms with E-state index in [0.29, 0.717) is 23.4 Å². The van der Waals surface area contributed by atoms with Crippen molar-refractivity contribution in [3.05, 3.63) is 59.2 Å². The zero-order chi connectivity index (χ0) is 31.4. The van der Waals surface area contributed by atoms with Gasteiger partial charge >= 0.3 is 6.09 Å². The fourth-order valence-electron chi connectivity index (χ4n) is 4.70. The maximum Gasteiger partial charge on any atom is 0.408 e. The van der Waals surface area contributed by atoms with E-state index in [1.165, 1.54) is 4.90 Å². The van der Waals surface area contributed by atoms with E-state index in [9.17, 15) is 19.2 Å². The predicted molar refractivity (Wildman–Crippen MR) is 163 cm³/mol. The first-order valence-corrected chi connectivity index (χ1v) is 14.4. The Kier molecular flexibility index (Phi) is 12.8. The van der Waals surface area contributed by atoms with E-state index in [0.717, 1.165) is 30.4 Å². The van der Waals surface area contributed by atoms with Crippen LogP contribution in [0.1, 0.15) is 82.5 Å². The van der Waals surface area contributed by atoms with Crippen molar-refractivity contribution in [2.45, 2.75) is 91.3 Å². The smallest absolute Gasteiger partial charge is 0.408 e. The van der Waals surface area contributed by atoms with Gasteiger partial charge < -0.3 is 30.7 Å². The first-order valence-electron chi connectivity index (χ1n) is 14.4. The van der Waals surface area contributed by atoms with Gasteiger partial charge in [-0.2, -0.15) is 0 Å². The van der Waals surface area contributed by atoms with Crippen molar-refractivity contribution in [1.82, 2.24) is 10.2 Å². The molecule has 0 aromatic heterocycles. The minimum absolute atomic E-state index is 0.221. The molecule has 10 nitrogen and oxygen atoms in total. The van der Waals surface area contributed by atoms with E-state index in [4.69, 9.17) is 15.2 Å². The summed E-state index contributed by atoms with van der Waals surface area (Å²) >= 11 is 0. The average molecular weight is 583 g/mol. The third-order valence-electron chi connectivity index (χ3n) is 6.66. The molecule has 2 rings (SSSR count). The molecule has 0 fully saturated rings. The van der Waals surface area contributed by atoms with Crippen molar-refractivity contribution in [1.29, 1.82) is 0 Å². The number of aryl methyl sites for hydroxylation is 2. The lowest BCUT2D eigenvalue weighted by atomic mass is 9.93. The molecule has 2 atom stereocenters. The number of nitrogens with two attached hydrogens (primary N) is 1. The largest absolute Gasteiger partial charge is 0.497 e. The molecular weight excluding hydrogens is 536 g/mol. The van der Waals surface area contributed by atoms with Crippen LogP contribution in [0.25, 0.3) is 0 Å². The van der Waals surface area contributed by atoms with Gasteiger partial charge in [0.25, 0.3) is 5.91 Å². The SMILES string of the molecule is CCCCCCN(C(=O)C(CC(N)=O)NC(=O)OC(C)(C)C)C(C(=O)Nc1ccc(OC)cc1)c1c(C)cccc1C. The number of hydrogen-bond donors (Lipinski definition) is 3. The summed E-state index contributed by atoms with van der Waals surface area (Å²) in [5.41, 5.74) is 7.51. The van der Waals surface area contributed by atoms with Crippen molar-refractivity contribution in [3.8, 4) is 5.75 Å². The molecule has 0 saturated heterocycles. The van der Waals surface area contributed by atoms with E-state index in [1.54, 1.807) is 52.1 Å². The van der Waals surface area contributed by atoms with Crippen LogP contribution in [-0.4, -0.2) is 54.0 Å². The molecule has 0 heterocycles. The quantitative estimate of drug-likeness (QED) is 0.263. The first-order chi connectivity index (χ1) is 19.8. The van der Waals surface area contributed by atoms with Crippen molar-refractivity contribution in [2.75, 3.05) is 19.0 Å². The molecule has 0 spiro atoms. The lowest BCUT2D eigenvalue weighted by Gasteiger charge is -2.35. The Labute approximate surface area is 249 Å². The van der Waals surface area contributed by atoms with Gasteiger partial charge in [0.1, 0.15) is 23.4 Å². The zero-order valence-corrected chi connectivity index (χ0v) is 25.9. The summed E-state index contributed by atoms with van der Waals surface area (Å²) in [6, 6.07) is 10.2.